The molecule has 0 spiro atoms. The summed E-state index contributed by atoms with van der Waals surface area (Å²) < 4.78 is 40.9. The van der Waals surface area contributed by atoms with Gasteiger partial charge in [0.1, 0.15) is 12.3 Å². The highest BCUT2D eigenvalue weighted by Gasteiger charge is 2.36. The monoisotopic (exact) mass is 378 g/mol. The molecule has 1 aliphatic heterocycles. The molecule has 0 fully saturated rings. The molecule has 2 aromatic carbocycles. The van der Waals surface area contributed by atoms with E-state index in [0.29, 0.717) is 0 Å². The second-order valence-electron chi connectivity index (χ2n) is 5.72. The van der Waals surface area contributed by atoms with Crippen molar-refractivity contribution in [2.45, 2.75) is 6.18 Å². The van der Waals surface area contributed by atoms with Crippen LogP contribution in [0.2, 0.25) is 0 Å². The molecule has 3 rings (SSSR count). The van der Waals surface area contributed by atoms with Crippen molar-refractivity contribution in [1.82, 2.24) is 4.90 Å². The standard InChI is InChI=1S/C18H13F3N2O4/c19-18(20,21)10-27-12-7-5-11(6-8-12)22-15(24)9-23-16(25)13-3-1-2-4-14(13)17(23)26/h1-8H,9-10H2,(H,22,24). The highest BCUT2D eigenvalue weighted by atomic mass is 19.4. The molecule has 0 bridgehead atoms. The van der Waals surface area contributed by atoms with E-state index in [4.69, 9.17) is 0 Å². The number of nitrogens with zero attached hydrogens (tertiary/aromatic N) is 1. The van der Waals surface area contributed by atoms with Crippen molar-refractivity contribution in [3.8, 4) is 5.75 Å². The Hall–Kier alpha value is -3.36. The van der Waals surface area contributed by atoms with E-state index in [0.717, 1.165) is 4.90 Å². The molecule has 0 aromatic heterocycles. The first-order valence-corrected chi connectivity index (χ1v) is 7.79. The van der Waals surface area contributed by atoms with Crippen LogP contribution in [-0.2, 0) is 4.79 Å². The first-order chi connectivity index (χ1) is 12.7. The molecule has 1 aliphatic rings. The Morgan fingerprint density at radius 1 is 0.963 bits per heavy atom. The zero-order chi connectivity index (χ0) is 19.6. The van der Waals surface area contributed by atoms with Gasteiger partial charge in [-0.2, -0.15) is 13.2 Å². The van der Waals surface area contributed by atoms with Gasteiger partial charge in [-0.3, -0.25) is 19.3 Å². The Morgan fingerprint density at radius 3 is 2.04 bits per heavy atom. The lowest BCUT2D eigenvalue weighted by Gasteiger charge is -2.14. The van der Waals surface area contributed by atoms with Gasteiger partial charge in [0, 0.05) is 5.69 Å². The van der Waals surface area contributed by atoms with Crippen molar-refractivity contribution in [2.75, 3.05) is 18.5 Å². The van der Waals surface area contributed by atoms with Crippen LogP contribution in [0.3, 0.4) is 0 Å². The van der Waals surface area contributed by atoms with Crippen LogP contribution in [0.15, 0.2) is 48.5 Å². The predicted molar refractivity (Wildman–Crippen MR) is 88.4 cm³/mol. The second kappa shape index (κ2) is 7.10. The number of hydrogen-bond acceptors (Lipinski definition) is 4. The summed E-state index contributed by atoms with van der Waals surface area (Å²) in [7, 11) is 0. The molecule has 0 radical (unpaired) electrons. The van der Waals surface area contributed by atoms with Gasteiger partial charge in [0.15, 0.2) is 6.61 Å². The molecule has 0 atom stereocenters. The molecule has 0 aliphatic carbocycles. The minimum Gasteiger partial charge on any atom is -0.484 e. The summed E-state index contributed by atoms with van der Waals surface area (Å²) in [5.41, 5.74) is 0.763. The number of amides is 3. The molecule has 6 nitrogen and oxygen atoms in total. The summed E-state index contributed by atoms with van der Waals surface area (Å²) in [5, 5.41) is 2.47. The number of nitrogens with one attached hydrogen (secondary N) is 1. The molecule has 3 amide bonds. The van der Waals surface area contributed by atoms with Crippen LogP contribution in [0, 0.1) is 0 Å². The fourth-order valence-electron chi connectivity index (χ4n) is 2.53. The third kappa shape index (κ3) is 4.25. The minimum atomic E-state index is -4.45. The van der Waals surface area contributed by atoms with E-state index in [1.54, 1.807) is 12.1 Å². The first kappa shape index (κ1) is 18.4. The summed E-state index contributed by atoms with van der Waals surface area (Å²) in [6.45, 7) is -1.89. The van der Waals surface area contributed by atoms with Crippen LogP contribution in [0.1, 0.15) is 20.7 Å². The number of alkyl halides is 3. The van der Waals surface area contributed by atoms with E-state index in [9.17, 15) is 27.6 Å². The Labute approximate surface area is 151 Å². The predicted octanol–water partition coefficient (Wildman–Crippen LogP) is 2.86. The van der Waals surface area contributed by atoms with Crippen molar-refractivity contribution in [3.05, 3.63) is 59.7 Å². The molecule has 0 unspecified atom stereocenters. The van der Waals surface area contributed by atoms with Crippen molar-refractivity contribution in [2.24, 2.45) is 0 Å². The molecule has 1 heterocycles. The molecule has 9 heteroatoms. The van der Waals surface area contributed by atoms with Gasteiger partial charge in [0.05, 0.1) is 11.1 Å². The fourth-order valence-corrected chi connectivity index (χ4v) is 2.53. The molecule has 0 saturated carbocycles. The first-order valence-electron chi connectivity index (χ1n) is 7.79. The van der Waals surface area contributed by atoms with Crippen LogP contribution in [0.4, 0.5) is 18.9 Å². The number of anilines is 1. The summed E-state index contributed by atoms with van der Waals surface area (Å²) in [6.07, 6.45) is -4.45. The Bertz CT molecular complexity index is 859. The van der Waals surface area contributed by atoms with E-state index in [1.807, 2.05) is 0 Å². The molecule has 1 N–H and O–H groups in total. The Morgan fingerprint density at radius 2 is 1.52 bits per heavy atom. The molecule has 27 heavy (non-hydrogen) atoms. The van der Waals surface area contributed by atoms with Crippen LogP contribution in [0.25, 0.3) is 0 Å². The van der Waals surface area contributed by atoms with Crippen molar-refractivity contribution >= 4 is 23.4 Å². The number of benzene rings is 2. The van der Waals surface area contributed by atoms with Gasteiger partial charge in [-0.1, -0.05) is 12.1 Å². The van der Waals surface area contributed by atoms with Crippen molar-refractivity contribution < 1.29 is 32.3 Å². The highest BCUT2D eigenvalue weighted by molar-refractivity contribution is 6.22. The topological polar surface area (TPSA) is 75.7 Å². The third-order valence-electron chi connectivity index (χ3n) is 3.72. The number of fused-ring (bicyclic) bond motifs is 1. The van der Waals surface area contributed by atoms with E-state index in [2.05, 4.69) is 10.1 Å². The van der Waals surface area contributed by atoms with Gasteiger partial charge in [0.25, 0.3) is 11.8 Å². The van der Waals surface area contributed by atoms with Gasteiger partial charge < -0.3 is 10.1 Å². The van der Waals surface area contributed by atoms with Gasteiger partial charge in [0.2, 0.25) is 5.91 Å². The quantitative estimate of drug-likeness (QED) is 0.812. The van der Waals surface area contributed by atoms with Gasteiger partial charge in [-0.05, 0) is 36.4 Å². The molecule has 140 valence electrons. The average Bonchev–Trinajstić information content (AvgIpc) is 2.86. The zero-order valence-electron chi connectivity index (χ0n) is 13.7. The summed E-state index contributed by atoms with van der Waals surface area (Å²) in [4.78, 5) is 37.4. The summed E-state index contributed by atoms with van der Waals surface area (Å²) >= 11 is 0. The van der Waals surface area contributed by atoms with E-state index in [1.165, 1.54) is 36.4 Å². The highest BCUT2D eigenvalue weighted by Crippen LogP contribution is 2.23. The number of carbonyl (C=O) groups excluding carboxylic acids is 3. The van der Waals surface area contributed by atoms with E-state index >= 15 is 0 Å². The SMILES string of the molecule is O=C(CN1C(=O)c2ccccc2C1=O)Nc1ccc(OCC(F)(F)F)cc1. The number of carbonyl (C=O) groups is 3. The lowest BCUT2D eigenvalue weighted by atomic mass is 10.1. The number of imide groups is 1. The molecule has 2 aromatic rings. The van der Waals surface area contributed by atoms with Crippen LogP contribution >= 0.6 is 0 Å². The van der Waals surface area contributed by atoms with Crippen LogP contribution in [0.5, 0.6) is 5.75 Å². The number of hydrogen-bond donors (Lipinski definition) is 1. The third-order valence-corrected chi connectivity index (χ3v) is 3.72. The van der Waals surface area contributed by atoms with Crippen LogP contribution < -0.4 is 10.1 Å². The maximum atomic E-state index is 12.2. The summed E-state index contributed by atoms with van der Waals surface area (Å²) in [5.74, 6) is -1.73. The van der Waals surface area contributed by atoms with Gasteiger partial charge >= 0.3 is 6.18 Å². The maximum absolute atomic E-state index is 12.2. The Kier molecular flexibility index (Phi) is 4.85. The lowest BCUT2D eigenvalue weighted by molar-refractivity contribution is -0.153. The smallest absolute Gasteiger partial charge is 0.422 e. The molecule has 0 saturated heterocycles. The van der Waals surface area contributed by atoms with Crippen molar-refractivity contribution in [1.29, 1.82) is 0 Å². The van der Waals surface area contributed by atoms with E-state index in [-0.39, 0.29) is 22.6 Å². The molecular weight excluding hydrogens is 365 g/mol. The number of ether oxygens (including phenoxy) is 1. The second-order valence-corrected chi connectivity index (χ2v) is 5.72. The lowest BCUT2D eigenvalue weighted by Crippen LogP contribution is -2.37. The largest absolute Gasteiger partial charge is 0.484 e. The minimum absolute atomic E-state index is 0.00864. The average molecular weight is 378 g/mol. The van der Waals surface area contributed by atoms with Gasteiger partial charge in [-0.15, -0.1) is 0 Å². The Balaban J connectivity index is 1.59. The fraction of sp³-hybridized carbons (Fsp3) is 0.167. The zero-order valence-corrected chi connectivity index (χ0v) is 13.7. The maximum Gasteiger partial charge on any atom is 0.422 e. The molecular formula is C18H13F3N2O4. The van der Waals surface area contributed by atoms with Gasteiger partial charge in [-0.25, -0.2) is 0 Å². The van der Waals surface area contributed by atoms with Crippen LogP contribution in [-0.4, -0.2) is 41.9 Å². The number of halogens is 3. The van der Waals surface area contributed by atoms with Crippen molar-refractivity contribution in [3.63, 3.8) is 0 Å². The van der Waals surface area contributed by atoms with E-state index < -0.39 is 37.0 Å². The number of rotatable bonds is 5. The summed E-state index contributed by atoms with van der Waals surface area (Å²) in [6, 6.07) is 11.5. The normalized spacial score (nSPS) is 13.5.